The molecule has 0 amide bonds. The average Bonchev–Trinajstić information content (AvgIpc) is 2.28. The summed E-state index contributed by atoms with van der Waals surface area (Å²) in [4.78, 5) is 5.12. The topological polar surface area (TPSA) is 52.0 Å². The molecule has 0 aliphatic rings. The molecule has 4 heteroatoms. The van der Waals surface area contributed by atoms with Crippen molar-refractivity contribution in [2.45, 2.75) is 20.4 Å². The number of benzene rings is 1. The van der Waals surface area contributed by atoms with E-state index in [1.54, 1.807) is 0 Å². The lowest BCUT2D eigenvalue weighted by atomic mass is 10.1. The predicted octanol–water partition coefficient (Wildman–Crippen LogP) is 3.47. The number of hydrogen-bond acceptors (Lipinski definition) is 2. The summed E-state index contributed by atoms with van der Waals surface area (Å²) in [5, 5.41) is 3.68. The molecular weight excluding hydrogens is 188 g/mol. The van der Waals surface area contributed by atoms with E-state index < -0.39 is 0 Å². The van der Waals surface area contributed by atoms with Crippen molar-refractivity contribution in [3.63, 3.8) is 0 Å². The van der Waals surface area contributed by atoms with Gasteiger partial charge in [-0.25, -0.2) is 0 Å². The van der Waals surface area contributed by atoms with E-state index in [1.807, 2.05) is 24.3 Å². The summed E-state index contributed by atoms with van der Waals surface area (Å²) in [5.74, 6) is 0. The molecule has 0 aliphatic carbocycles. The van der Waals surface area contributed by atoms with Crippen LogP contribution < -0.4 is 0 Å². The van der Waals surface area contributed by atoms with E-state index in [0.29, 0.717) is 0 Å². The average molecular weight is 204 g/mol. The van der Waals surface area contributed by atoms with Gasteiger partial charge in [0.2, 0.25) is 0 Å². The van der Waals surface area contributed by atoms with Crippen molar-refractivity contribution in [1.82, 2.24) is 4.90 Å². The lowest BCUT2D eigenvalue weighted by Crippen LogP contribution is -2.22. The van der Waals surface area contributed by atoms with Crippen molar-refractivity contribution < 1.29 is 0 Å². The van der Waals surface area contributed by atoms with Crippen LogP contribution in [0.4, 0.5) is 5.69 Å². The molecule has 0 spiro atoms. The molecule has 0 heterocycles. The number of nitrogens with zero attached hydrogens (tertiary/aromatic N) is 4. The maximum absolute atomic E-state index is 8.44. The lowest BCUT2D eigenvalue weighted by molar-refractivity contribution is 0.296. The highest BCUT2D eigenvalue weighted by atomic mass is 15.1. The summed E-state index contributed by atoms with van der Waals surface area (Å²) in [5.41, 5.74) is 10.2. The van der Waals surface area contributed by atoms with E-state index in [0.717, 1.165) is 30.9 Å². The molecule has 0 aromatic heterocycles. The van der Waals surface area contributed by atoms with Crippen molar-refractivity contribution in [3.8, 4) is 0 Å². The number of hydrogen-bond donors (Lipinski definition) is 0. The molecule has 1 aromatic rings. The van der Waals surface area contributed by atoms with Crippen LogP contribution in [0.25, 0.3) is 10.4 Å². The minimum absolute atomic E-state index is 0.729. The zero-order chi connectivity index (χ0) is 11.1. The Kier molecular flexibility index (Phi) is 4.68. The SMILES string of the molecule is CCN(CC)Cc1ccccc1N=[N+]=[N-]. The van der Waals surface area contributed by atoms with E-state index in [1.165, 1.54) is 0 Å². The molecule has 15 heavy (non-hydrogen) atoms. The van der Waals surface area contributed by atoms with Crippen LogP contribution >= 0.6 is 0 Å². The Bertz CT molecular complexity index is 351. The van der Waals surface area contributed by atoms with E-state index >= 15 is 0 Å². The second-order valence-electron chi connectivity index (χ2n) is 3.28. The summed E-state index contributed by atoms with van der Waals surface area (Å²) in [7, 11) is 0. The molecular formula is C11H16N4. The van der Waals surface area contributed by atoms with Crippen LogP contribution in [0.3, 0.4) is 0 Å². The van der Waals surface area contributed by atoms with Gasteiger partial charge in [-0.05, 0) is 24.2 Å². The Morgan fingerprint density at radius 2 is 1.93 bits per heavy atom. The molecule has 80 valence electrons. The van der Waals surface area contributed by atoms with Gasteiger partial charge in [0.05, 0.1) is 0 Å². The van der Waals surface area contributed by atoms with Gasteiger partial charge in [-0.3, -0.25) is 4.90 Å². The van der Waals surface area contributed by atoms with Crippen molar-refractivity contribution in [2.24, 2.45) is 5.11 Å². The quantitative estimate of drug-likeness (QED) is 0.411. The summed E-state index contributed by atoms with van der Waals surface area (Å²) >= 11 is 0. The van der Waals surface area contributed by atoms with Gasteiger partial charge in [-0.1, -0.05) is 43.2 Å². The molecule has 4 nitrogen and oxygen atoms in total. The Balaban J connectivity index is 2.87. The van der Waals surface area contributed by atoms with Crippen molar-refractivity contribution in [2.75, 3.05) is 13.1 Å². The van der Waals surface area contributed by atoms with Gasteiger partial charge in [0, 0.05) is 17.1 Å². The Labute approximate surface area is 90.1 Å². The van der Waals surface area contributed by atoms with E-state index in [4.69, 9.17) is 5.53 Å². The molecule has 0 aliphatic heterocycles. The first-order valence-corrected chi connectivity index (χ1v) is 5.17. The molecule has 1 aromatic carbocycles. The van der Waals surface area contributed by atoms with Crippen LogP contribution in [0.1, 0.15) is 19.4 Å². The molecule has 0 atom stereocenters. The number of azide groups is 1. The number of rotatable bonds is 5. The first kappa shape index (κ1) is 11.6. The second kappa shape index (κ2) is 6.06. The van der Waals surface area contributed by atoms with E-state index in [2.05, 4.69) is 28.8 Å². The third-order valence-electron chi connectivity index (χ3n) is 2.43. The van der Waals surface area contributed by atoms with Crippen LogP contribution in [0.2, 0.25) is 0 Å². The Morgan fingerprint density at radius 3 is 2.53 bits per heavy atom. The van der Waals surface area contributed by atoms with Gasteiger partial charge in [0.1, 0.15) is 0 Å². The summed E-state index contributed by atoms with van der Waals surface area (Å²) in [6, 6.07) is 7.70. The third kappa shape index (κ3) is 3.27. The first-order valence-electron chi connectivity index (χ1n) is 5.17. The maximum atomic E-state index is 8.44. The highest BCUT2D eigenvalue weighted by Crippen LogP contribution is 2.20. The van der Waals surface area contributed by atoms with Gasteiger partial charge >= 0.3 is 0 Å². The molecule has 0 bridgehead atoms. The highest BCUT2D eigenvalue weighted by molar-refractivity contribution is 5.45. The van der Waals surface area contributed by atoms with Gasteiger partial charge in [0.15, 0.2) is 0 Å². The van der Waals surface area contributed by atoms with E-state index in [9.17, 15) is 0 Å². The summed E-state index contributed by atoms with van der Waals surface area (Å²) in [6.45, 7) is 7.09. The highest BCUT2D eigenvalue weighted by Gasteiger charge is 2.04. The molecule has 0 saturated carbocycles. The first-order chi connectivity index (χ1) is 7.31. The molecule has 0 radical (unpaired) electrons. The van der Waals surface area contributed by atoms with Crippen LogP contribution in [-0.4, -0.2) is 18.0 Å². The standard InChI is InChI=1S/C11H16N4/c1-3-15(4-2)9-10-7-5-6-8-11(10)13-14-12/h5-8H,3-4,9H2,1-2H3. The monoisotopic (exact) mass is 204 g/mol. The fourth-order valence-electron chi connectivity index (χ4n) is 1.48. The van der Waals surface area contributed by atoms with Gasteiger partial charge in [0.25, 0.3) is 0 Å². The zero-order valence-electron chi connectivity index (χ0n) is 9.22. The maximum Gasteiger partial charge on any atom is 0.0420 e. The summed E-state index contributed by atoms with van der Waals surface area (Å²) in [6.07, 6.45) is 0. The minimum Gasteiger partial charge on any atom is -0.300 e. The van der Waals surface area contributed by atoms with Crippen LogP contribution in [0.15, 0.2) is 29.4 Å². The summed E-state index contributed by atoms with van der Waals surface area (Å²) < 4.78 is 0. The Hall–Kier alpha value is -1.51. The minimum atomic E-state index is 0.729. The fraction of sp³-hybridized carbons (Fsp3) is 0.455. The fourth-order valence-corrected chi connectivity index (χ4v) is 1.48. The molecule has 0 saturated heterocycles. The third-order valence-corrected chi connectivity index (χ3v) is 2.43. The molecule has 0 fully saturated rings. The van der Waals surface area contributed by atoms with E-state index in [-0.39, 0.29) is 0 Å². The predicted molar refractivity (Wildman–Crippen MR) is 61.9 cm³/mol. The van der Waals surface area contributed by atoms with Gasteiger partial charge in [-0.2, -0.15) is 0 Å². The molecule has 1 rings (SSSR count). The van der Waals surface area contributed by atoms with Gasteiger partial charge < -0.3 is 0 Å². The smallest absolute Gasteiger partial charge is 0.0420 e. The van der Waals surface area contributed by atoms with Crippen LogP contribution in [0, 0.1) is 0 Å². The lowest BCUT2D eigenvalue weighted by Gasteiger charge is -2.18. The van der Waals surface area contributed by atoms with Crippen molar-refractivity contribution >= 4 is 5.69 Å². The zero-order valence-corrected chi connectivity index (χ0v) is 9.22. The molecule has 0 unspecified atom stereocenters. The second-order valence-corrected chi connectivity index (χ2v) is 3.28. The van der Waals surface area contributed by atoms with Crippen LogP contribution in [-0.2, 0) is 6.54 Å². The largest absolute Gasteiger partial charge is 0.300 e. The molecule has 0 N–H and O–H groups in total. The Morgan fingerprint density at radius 1 is 1.27 bits per heavy atom. The van der Waals surface area contributed by atoms with Crippen LogP contribution in [0.5, 0.6) is 0 Å². The normalized spacial score (nSPS) is 10.1. The van der Waals surface area contributed by atoms with Gasteiger partial charge in [-0.15, -0.1) is 0 Å². The van der Waals surface area contributed by atoms with Crippen molar-refractivity contribution in [3.05, 3.63) is 40.3 Å². The van der Waals surface area contributed by atoms with Crippen molar-refractivity contribution in [1.29, 1.82) is 0 Å².